The first-order chi connectivity index (χ1) is 11.9. The number of rotatable bonds is 9. The Morgan fingerprint density at radius 1 is 1.19 bits per heavy atom. The fourth-order valence-corrected chi connectivity index (χ4v) is 3.37. The lowest BCUT2D eigenvalue weighted by Gasteiger charge is -2.34. The van der Waals surface area contributed by atoms with Crippen LogP contribution < -0.4 is 0 Å². The Hall–Kier alpha value is -1.46. The van der Waals surface area contributed by atoms with Crippen molar-refractivity contribution in [1.82, 2.24) is 0 Å². The van der Waals surface area contributed by atoms with Crippen molar-refractivity contribution in [3.05, 3.63) is 23.0 Å². The normalized spacial score (nSPS) is 24.5. The molecule has 5 nitrogen and oxygen atoms in total. The van der Waals surface area contributed by atoms with E-state index in [2.05, 4.69) is 0 Å². The summed E-state index contributed by atoms with van der Waals surface area (Å²) >= 11 is 0. The minimum atomic E-state index is -2.11. The third kappa shape index (κ3) is 4.83. The van der Waals surface area contributed by atoms with Gasteiger partial charge in [0.05, 0.1) is 12.0 Å². The van der Waals surface area contributed by atoms with Crippen molar-refractivity contribution in [2.24, 2.45) is 17.8 Å². The number of aliphatic hydroxyl groups excluding tert-OH is 2. The molecule has 0 aromatic rings. The first kappa shape index (κ1) is 22.6. The number of carbonyl (C=O) groups excluding carboxylic acids is 2. The number of hydrogen-bond donors (Lipinski definition) is 3. The van der Waals surface area contributed by atoms with Gasteiger partial charge in [0.1, 0.15) is 11.3 Å². The van der Waals surface area contributed by atoms with Gasteiger partial charge in [-0.2, -0.15) is 0 Å². The van der Waals surface area contributed by atoms with Gasteiger partial charge >= 0.3 is 0 Å². The molecule has 1 aliphatic rings. The van der Waals surface area contributed by atoms with Gasteiger partial charge < -0.3 is 15.3 Å². The summed E-state index contributed by atoms with van der Waals surface area (Å²) in [5.74, 6) is -2.36. The maximum atomic E-state index is 12.9. The molecule has 0 aromatic carbocycles. The predicted octanol–water partition coefficient (Wildman–Crippen LogP) is 3.50. The fraction of sp³-hybridized carbons (Fsp3) is 0.714. The van der Waals surface area contributed by atoms with Crippen LogP contribution in [0.2, 0.25) is 0 Å². The third-order valence-electron chi connectivity index (χ3n) is 4.87. The minimum Gasteiger partial charge on any atom is -0.508 e. The van der Waals surface area contributed by atoms with Crippen LogP contribution >= 0.6 is 0 Å². The van der Waals surface area contributed by atoms with Gasteiger partial charge in [-0.3, -0.25) is 9.59 Å². The van der Waals surface area contributed by atoms with Crippen LogP contribution in [0.1, 0.15) is 67.2 Å². The molecule has 0 bridgehead atoms. The number of Topliss-reactive ketones (excluding diaryl/α,β-unsaturated/α-hetero) is 2. The molecule has 0 fully saturated rings. The molecule has 2 unspecified atom stereocenters. The van der Waals surface area contributed by atoms with Crippen molar-refractivity contribution in [1.29, 1.82) is 0 Å². The summed E-state index contributed by atoms with van der Waals surface area (Å²) in [6.07, 6.45) is 1.55. The third-order valence-corrected chi connectivity index (χ3v) is 4.87. The summed E-state index contributed by atoms with van der Waals surface area (Å²) in [4.78, 5) is 25.4. The Morgan fingerprint density at radius 2 is 1.77 bits per heavy atom. The number of allylic oxidation sites excluding steroid dienone is 2. The zero-order valence-electron chi connectivity index (χ0n) is 16.9. The molecule has 0 aromatic heterocycles. The summed E-state index contributed by atoms with van der Waals surface area (Å²) in [5.41, 5.74) is -1.48. The van der Waals surface area contributed by atoms with Crippen LogP contribution in [0, 0.1) is 17.8 Å². The summed E-state index contributed by atoms with van der Waals surface area (Å²) in [7, 11) is 0. The maximum absolute atomic E-state index is 12.9. The van der Waals surface area contributed by atoms with Crippen LogP contribution in [-0.2, 0) is 9.59 Å². The van der Waals surface area contributed by atoms with Gasteiger partial charge in [-0.1, -0.05) is 45.8 Å². The Morgan fingerprint density at radius 3 is 2.23 bits per heavy atom. The van der Waals surface area contributed by atoms with E-state index >= 15 is 0 Å². The predicted molar refractivity (Wildman–Crippen MR) is 102 cm³/mol. The van der Waals surface area contributed by atoms with Crippen molar-refractivity contribution < 1.29 is 24.9 Å². The summed E-state index contributed by atoms with van der Waals surface area (Å²) in [6.45, 7) is 11.4. The molecule has 0 heterocycles. The smallest absolute Gasteiger partial charge is 0.176 e. The van der Waals surface area contributed by atoms with Crippen molar-refractivity contribution >= 4 is 11.6 Å². The molecular formula is C21H34O5. The highest BCUT2D eigenvalue weighted by molar-refractivity contribution is 6.23. The second kappa shape index (κ2) is 8.96. The van der Waals surface area contributed by atoms with E-state index < -0.39 is 34.9 Å². The van der Waals surface area contributed by atoms with E-state index in [4.69, 9.17) is 0 Å². The van der Waals surface area contributed by atoms with Gasteiger partial charge in [-0.05, 0) is 38.5 Å². The molecule has 1 aliphatic carbocycles. The van der Waals surface area contributed by atoms with Crippen LogP contribution in [0.5, 0.6) is 0 Å². The summed E-state index contributed by atoms with van der Waals surface area (Å²) in [5, 5.41) is 32.4. The van der Waals surface area contributed by atoms with Gasteiger partial charge in [0.2, 0.25) is 0 Å². The molecule has 0 spiro atoms. The van der Waals surface area contributed by atoms with Crippen molar-refractivity contribution in [2.45, 2.75) is 78.9 Å². The molecular weight excluding hydrogens is 332 g/mol. The quantitative estimate of drug-likeness (QED) is 0.429. The highest BCUT2D eigenvalue weighted by Gasteiger charge is 2.58. The monoisotopic (exact) mass is 366 g/mol. The van der Waals surface area contributed by atoms with Crippen LogP contribution in [0.3, 0.4) is 0 Å². The molecule has 0 amide bonds. The minimum absolute atomic E-state index is 0.0222. The van der Waals surface area contributed by atoms with Crippen LogP contribution in [0.15, 0.2) is 23.0 Å². The largest absolute Gasteiger partial charge is 0.508 e. The molecule has 1 rings (SSSR count). The average molecular weight is 366 g/mol. The van der Waals surface area contributed by atoms with Crippen molar-refractivity contribution in [2.75, 3.05) is 0 Å². The molecule has 148 valence electrons. The zero-order valence-corrected chi connectivity index (χ0v) is 16.9. The second-order valence-corrected chi connectivity index (χ2v) is 8.49. The SMILES string of the molecule is CC(C)=CCC(O)C1(O)C(O)=C(C(=O)CC(C)C)C(=O)[C@H]1CCC(C)C. The van der Waals surface area contributed by atoms with E-state index in [0.29, 0.717) is 18.8 Å². The molecule has 0 saturated carbocycles. The van der Waals surface area contributed by atoms with E-state index in [-0.39, 0.29) is 24.3 Å². The van der Waals surface area contributed by atoms with Gasteiger partial charge in [-0.15, -0.1) is 0 Å². The van der Waals surface area contributed by atoms with Crippen LogP contribution in [0.4, 0.5) is 0 Å². The molecule has 3 atom stereocenters. The summed E-state index contributed by atoms with van der Waals surface area (Å²) in [6, 6.07) is 0. The molecule has 0 radical (unpaired) electrons. The van der Waals surface area contributed by atoms with E-state index in [9.17, 15) is 24.9 Å². The highest BCUT2D eigenvalue weighted by atomic mass is 16.4. The Balaban J connectivity index is 3.31. The lowest BCUT2D eigenvalue weighted by atomic mass is 9.78. The van der Waals surface area contributed by atoms with E-state index in [1.54, 1.807) is 6.08 Å². The Bertz CT molecular complexity index is 596. The summed E-state index contributed by atoms with van der Waals surface area (Å²) < 4.78 is 0. The van der Waals surface area contributed by atoms with Gasteiger partial charge in [-0.25, -0.2) is 0 Å². The van der Waals surface area contributed by atoms with Crippen LogP contribution in [-0.4, -0.2) is 38.6 Å². The van der Waals surface area contributed by atoms with Crippen LogP contribution in [0.25, 0.3) is 0 Å². The average Bonchev–Trinajstić information content (AvgIpc) is 2.69. The van der Waals surface area contributed by atoms with Crippen molar-refractivity contribution in [3.8, 4) is 0 Å². The Kier molecular flexibility index (Phi) is 7.78. The lowest BCUT2D eigenvalue weighted by molar-refractivity contribution is -0.136. The number of hydrogen-bond acceptors (Lipinski definition) is 5. The van der Waals surface area contributed by atoms with E-state index in [0.717, 1.165) is 5.57 Å². The van der Waals surface area contributed by atoms with Gasteiger partial charge in [0, 0.05) is 6.42 Å². The zero-order chi connectivity index (χ0) is 20.2. The standard InChI is InChI=1S/C21H34O5/c1-12(2)7-9-15-19(24)18(16(22)11-14(5)6)20(25)21(15,26)17(23)10-8-13(3)4/h8,12,14-15,17,23,25-26H,7,9-11H2,1-6H3/t15-,17?,21?/m1/s1. The first-order valence-electron chi connectivity index (χ1n) is 9.47. The number of aliphatic hydroxyl groups is 3. The molecule has 5 heteroatoms. The lowest BCUT2D eigenvalue weighted by Crippen LogP contribution is -2.49. The van der Waals surface area contributed by atoms with Gasteiger partial charge in [0.15, 0.2) is 17.2 Å². The molecule has 0 saturated heterocycles. The number of carbonyl (C=O) groups is 2. The molecule has 26 heavy (non-hydrogen) atoms. The highest BCUT2D eigenvalue weighted by Crippen LogP contribution is 2.44. The topological polar surface area (TPSA) is 94.8 Å². The maximum Gasteiger partial charge on any atom is 0.176 e. The van der Waals surface area contributed by atoms with Crippen molar-refractivity contribution in [3.63, 3.8) is 0 Å². The van der Waals surface area contributed by atoms with Gasteiger partial charge in [0.25, 0.3) is 0 Å². The van der Waals surface area contributed by atoms with E-state index in [1.165, 1.54) is 0 Å². The number of ketones is 2. The molecule has 0 aliphatic heterocycles. The Labute approximate surface area is 156 Å². The second-order valence-electron chi connectivity index (χ2n) is 8.49. The van der Waals surface area contributed by atoms with E-state index in [1.807, 2.05) is 41.5 Å². The first-order valence-corrected chi connectivity index (χ1v) is 9.47. The molecule has 3 N–H and O–H groups in total. The fourth-order valence-electron chi connectivity index (χ4n) is 3.37.